The van der Waals surface area contributed by atoms with E-state index < -0.39 is 0 Å². The maximum absolute atomic E-state index is 12.3. The van der Waals surface area contributed by atoms with Crippen LogP contribution in [0.15, 0.2) is 35.2 Å². The molecule has 6 nitrogen and oxygen atoms in total. The molecule has 140 valence electrons. The number of piperidine rings is 1. The molecule has 27 heavy (non-hydrogen) atoms. The normalized spacial score (nSPS) is 19.4. The molecule has 0 radical (unpaired) electrons. The molecule has 2 aromatic rings. The summed E-state index contributed by atoms with van der Waals surface area (Å²) >= 11 is 0. The van der Waals surface area contributed by atoms with Crippen molar-refractivity contribution in [2.75, 3.05) is 13.1 Å². The first-order valence-electron chi connectivity index (χ1n) is 9.54. The number of hydrogen-bond acceptors (Lipinski definition) is 4. The summed E-state index contributed by atoms with van der Waals surface area (Å²) < 4.78 is 0. The van der Waals surface area contributed by atoms with Crippen molar-refractivity contribution in [1.29, 1.82) is 0 Å². The number of aromatic nitrogens is 2. The summed E-state index contributed by atoms with van der Waals surface area (Å²) in [4.78, 5) is 22.5. The SMILES string of the molecule is Cc1[nH]c(C=C2C(=O)NN=C2c2cccnc2)c(C)c1CN1CCCCC1. The van der Waals surface area contributed by atoms with E-state index in [1.807, 2.05) is 18.2 Å². The van der Waals surface area contributed by atoms with Crippen molar-refractivity contribution in [2.45, 2.75) is 39.7 Å². The highest BCUT2D eigenvalue weighted by atomic mass is 16.2. The second-order valence-corrected chi connectivity index (χ2v) is 7.31. The molecule has 0 aliphatic carbocycles. The Morgan fingerprint density at radius 3 is 2.78 bits per heavy atom. The Labute approximate surface area is 159 Å². The van der Waals surface area contributed by atoms with Crippen molar-refractivity contribution in [1.82, 2.24) is 20.3 Å². The van der Waals surface area contributed by atoms with Gasteiger partial charge in [-0.2, -0.15) is 5.10 Å². The molecule has 4 rings (SSSR count). The number of carbonyl (C=O) groups excluding carboxylic acids is 1. The summed E-state index contributed by atoms with van der Waals surface area (Å²) in [5.41, 5.74) is 9.29. The van der Waals surface area contributed by atoms with Crippen LogP contribution in [0.1, 0.15) is 47.3 Å². The highest BCUT2D eigenvalue weighted by molar-refractivity contribution is 6.33. The lowest BCUT2D eigenvalue weighted by Crippen LogP contribution is -2.29. The zero-order chi connectivity index (χ0) is 18.8. The first-order valence-corrected chi connectivity index (χ1v) is 9.54. The average Bonchev–Trinajstić information content (AvgIpc) is 3.18. The molecular formula is C21H25N5O. The predicted molar refractivity (Wildman–Crippen MR) is 106 cm³/mol. The molecule has 0 spiro atoms. The van der Waals surface area contributed by atoms with Crippen LogP contribution in [0.3, 0.4) is 0 Å². The summed E-state index contributed by atoms with van der Waals surface area (Å²) in [5.74, 6) is -0.182. The van der Waals surface area contributed by atoms with Crippen LogP contribution >= 0.6 is 0 Å². The molecule has 1 saturated heterocycles. The van der Waals surface area contributed by atoms with Gasteiger partial charge in [0.1, 0.15) is 5.71 Å². The largest absolute Gasteiger partial charge is 0.359 e. The zero-order valence-corrected chi connectivity index (χ0v) is 15.9. The van der Waals surface area contributed by atoms with E-state index in [9.17, 15) is 4.79 Å². The van der Waals surface area contributed by atoms with E-state index in [1.54, 1.807) is 12.4 Å². The second kappa shape index (κ2) is 7.48. The number of aryl methyl sites for hydroxylation is 1. The third kappa shape index (κ3) is 3.57. The summed E-state index contributed by atoms with van der Waals surface area (Å²) in [7, 11) is 0. The molecule has 1 amide bonds. The molecule has 1 fully saturated rings. The fourth-order valence-corrected chi connectivity index (χ4v) is 3.87. The average molecular weight is 363 g/mol. The van der Waals surface area contributed by atoms with Crippen molar-refractivity contribution in [3.8, 4) is 0 Å². The van der Waals surface area contributed by atoms with Gasteiger partial charge in [0.05, 0.1) is 5.57 Å². The van der Waals surface area contributed by atoms with Crippen LogP contribution in [-0.4, -0.2) is 39.6 Å². The molecule has 0 aromatic carbocycles. The summed E-state index contributed by atoms with van der Waals surface area (Å²) in [6, 6.07) is 3.76. The third-order valence-electron chi connectivity index (χ3n) is 5.45. The lowest BCUT2D eigenvalue weighted by atomic mass is 10.0. The number of nitrogens with one attached hydrogen (secondary N) is 2. The zero-order valence-electron chi connectivity index (χ0n) is 15.9. The Bertz CT molecular complexity index is 904. The molecule has 0 atom stereocenters. The quantitative estimate of drug-likeness (QED) is 0.821. The van der Waals surface area contributed by atoms with Crippen LogP contribution in [0, 0.1) is 13.8 Å². The number of H-pyrrole nitrogens is 1. The fraction of sp³-hybridized carbons (Fsp3) is 0.381. The first kappa shape index (κ1) is 17.7. The number of nitrogens with zero attached hydrogens (tertiary/aromatic N) is 3. The number of rotatable bonds is 4. The minimum absolute atomic E-state index is 0.182. The van der Waals surface area contributed by atoms with E-state index in [4.69, 9.17) is 0 Å². The number of pyridine rings is 1. The molecule has 0 bridgehead atoms. The number of carbonyl (C=O) groups is 1. The standard InChI is InChI=1S/C21H25N5O/c1-14-18(13-26-9-4-3-5-10-26)15(2)23-19(14)11-17-20(24-25-21(17)27)16-7-6-8-22-12-16/h6-8,11-12,23H,3-5,9-10,13H2,1-2H3,(H,25,27). The van der Waals surface area contributed by atoms with Gasteiger partial charge in [0.25, 0.3) is 5.91 Å². The number of likely N-dealkylation sites (tertiary alicyclic amines) is 1. The number of hydrogen-bond donors (Lipinski definition) is 2. The van der Waals surface area contributed by atoms with Gasteiger partial charge in [0.15, 0.2) is 0 Å². The van der Waals surface area contributed by atoms with Crippen LogP contribution in [0.5, 0.6) is 0 Å². The van der Waals surface area contributed by atoms with Crippen molar-refractivity contribution in [2.24, 2.45) is 5.10 Å². The Morgan fingerprint density at radius 1 is 1.22 bits per heavy atom. The topological polar surface area (TPSA) is 73.4 Å². The van der Waals surface area contributed by atoms with Gasteiger partial charge >= 0.3 is 0 Å². The van der Waals surface area contributed by atoms with E-state index in [2.05, 4.69) is 39.2 Å². The molecule has 0 unspecified atom stereocenters. The van der Waals surface area contributed by atoms with E-state index >= 15 is 0 Å². The minimum atomic E-state index is -0.182. The van der Waals surface area contributed by atoms with Crippen molar-refractivity contribution < 1.29 is 4.79 Å². The molecule has 0 saturated carbocycles. The van der Waals surface area contributed by atoms with Gasteiger partial charge in [0, 0.05) is 35.9 Å². The molecule has 2 N–H and O–H groups in total. The van der Waals surface area contributed by atoms with Gasteiger partial charge < -0.3 is 4.98 Å². The molecule has 2 aliphatic heterocycles. The summed E-state index contributed by atoms with van der Waals surface area (Å²) in [6.07, 6.45) is 9.25. The lowest BCUT2D eigenvalue weighted by Gasteiger charge is -2.26. The molecule has 4 heterocycles. The smallest absolute Gasteiger partial charge is 0.273 e. The van der Waals surface area contributed by atoms with Gasteiger partial charge in [-0.25, -0.2) is 5.43 Å². The van der Waals surface area contributed by atoms with Crippen LogP contribution in [0.2, 0.25) is 0 Å². The van der Waals surface area contributed by atoms with Gasteiger partial charge in [-0.15, -0.1) is 0 Å². The molecular weight excluding hydrogens is 338 g/mol. The predicted octanol–water partition coefficient (Wildman–Crippen LogP) is 2.93. The lowest BCUT2D eigenvalue weighted by molar-refractivity contribution is -0.116. The van der Waals surface area contributed by atoms with Gasteiger partial charge in [0.2, 0.25) is 0 Å². The van der Waals surface area contributed by atoms with E-state index in [0.29, 0.717) is 11.3 Å². The van der Waals surface area contributed by atoms with Crippen molar-refractivity contribution in [3.05, 3.63) is 58.2 Å². The first-order chi connectivity index (χ1) is 13.1. The number of aromatic amines is 1. The van der Waals surface area contributed by atoms with E-state index in [1.165, 1.54) is 49.2 Å². The third-order valence-corrected chi connectivity index (χ3v) is 5.45. The Morgan fingerprint density at radius 2 is 2.04 bits per heavy atom. The maximum atomic E-state index is 12.3. The van der Waals surface area contributed by atoms with E-state index in [0.717, 1.165) is 17.8 Å². The van der Waals surface area contributed by atoms with Crippen molar-refractivity contribution >= 4 is 17.7 Å². The Balaban J connectivity index is 1.64. The number of hydrazone groups is 1. The van der Waals surface area contributed by atoms with Crippen LogP contribution in [0.25, 0.3) is 6.08 Å². The maximum Gasteiger partial charge on any atom is 0.273 e. The molecule has 6 heteroatoms. The Hall–Kier alpha value is -2.73. The molecule has 2 aliphatic rings. The van der Waals surface area contributed by atoms with Gasteiger partial charge in [-0.3, -0.25) is 14.7 Å². The summed E-state index contributed by atoms with van der Waals surface area (Å²) in [6.45, 7) is 7.54. The van der Waals surface area contributed by atoms with Gasteiger partial charge in [-0.1, -0.05) is 6.42 Å². The highest BCUT2D eigenvalue weighted by Crippen LogP contribution is 2.25. The van der Waals surface area contributed by atoms with Crippen LogP contribution in [-0.2, 0) is 11.3 Å². The number of amides is 1. The summed E-state index contributed by atoms with van der Waals surface area (Å²) in [5, 5.41) is 4.20. The second-order valence-electron chi connectivity index (χ2n) is 7.31. The van der Waals surface area contributed by atoms with Crippen LogP contribution in [0.4, 0.5) is 0 Å². The van der Waals surface area contributed by atoms with Gasteiger partial charge in [-0.05, 0) is 69.1 Å². The van der Waals surface area contributed by atoms with E-state index in [-0.39, 0.29) is 5.91 Å². The molecule has 2 aromatic heterocycles. The van der Waals surface area contributed by atoms with Crippen molar-refractivity contribution in [3.63, 3.8) is 0 Å². The fourth-order valence-electron chi connectivity index (χ4n) is 3.87. The minimum Gasteiger partial charge on any atom is -0.359 e. The van der Waals surface area contributed by atoms with Crippen LogP contribution < -0.4 is 5.43 Å². The monoisotopic (exact) mass is 363 g/mol. The Kier molecular flexibility index (Phi) is 4.90. The highest BCUT2D eigenvalue weighted by Gasteiger charge is 2.25.